The van der Waals surface area contributed by atoms with E-state index < -0.39 is 30.2 Å². The second-order valence-corrected chi connectivity index (χ2v) is 9.48. The van der Waals surface area contributed by atoms with Crippen LogP contribution < -0.4 is 16.4 Å². The van der Waals surface area contributed by atoms with Gasteiger partial charge in [-0.3, -0.25) is 24.9 Å². The van der Waals surface area contributed by atoms with Crippen LogP contribution in [0, 0.1) is 10.8 Å². The predicted molar refractivity (Wildman–Crippen MR) is 136 cm³/mol. The molecule has 2 amide bonds. The zero-order valence-corrected chi connectivity index (χ0v) is 20.9. The fourth-order valence-corrected chi connectivity index (χ4v) is 4.61. The Morgan fingerprint density at radius 2 is 1.97 bits per heavy atom. The molecule has 4 unspecified atom stereocenters. The number of aromatic nitrogens is 2. The lowest BCUT2D eigenvalue weighted by Gasteiger charge is -2.39. The number of nitrogens with one attached hydrogen (secondary N) is 2. The van der Waals surface area contributed by atoms with Gasteiger partial charge in [-0.15, -0.1) is 4.91 Å². The molecule has 0 bridgehead atoms. The molecular formula is C24H32FN9O3. The summed E-state index contributed by atoms with van der Waals surface area (Å²) in [5, 5.41) is 9.57. The largest absolute Gasteiger partial charge is 0.335 e. The van der Waals surface area contributed by atoms with E-state index in [4.69, 9.17) is 5.73 Å². The van der Waals surface area contributed by atoms with Crippen LogP contribution in [0.25, 0.3) is 11.1 Å². The summed E-state index contributed by atoms with van der Waals surface area (Å²) in [6.45, 7) is 4.34. The van der Waals surface area contributed by atoms with E-state index in [1.54, 1.807) is 42.4 Å². The van der Waals surface area contributed by atoms with Crippen LogP contribution in [0.1, 0.15) is 17.4 Å². The standard InChI is InChI=1S/C24H32FN9O3/c1-15(26)21(22-29-12-17(25)14-34(22)31-37)23(35)30-20-13-27-6-5-18(20)16-3-4-19(28-11-16)24(36)33-9-7-32(2)8-10-33/h3-6,11,13,15,17,21-22,29H,7-10,12,14,26H2,1-2H3,(H,30,35). The molecule has 4 rings (SSSR count). The molecule has 2 aliphatic rings. The van der Waals surface area contributed by atoms with Crippen LogP contribution in [0.4, 0.5) is 10.1 Å². The molecule has 2 saturated heterocycles. The highest BCUT2D eigenvalue weighted by Crippen LogP contribution is 2.28. The fourth-order valence-electron chi connectivity index (χ4n) is 4.61. The maximum absolute atomic E-state index is 13.8. The van der Waals surface area contributed by atoms with Gasteiger partial charge in [0.15, 0.2) is 0 Å². The molecular weight excluding hydrogens is 481 g/mol. The number of piperazine rings is 1. The number of nitrogens with zero attached hydrogens (tertiary/aromatic N) is 6. The monoisotopic (exact) mass is 513 g/mol. The number of pyridine rings is 2. The highest BCUT2D eigenvalue weighted by atomic mass is 19.1. The van der Waals surface area contributed by atoms with Crippen molar-refractivity contribution in [3.05, 3.63) is 47.4 Å². The molecule has 0 radical (unpaired) electrons. The second-order valence-electron chi connectivity index (χ2n) is 9.48. The molecule has 0 spiro atoms. The molecule has 2 aromatic heterocycles. The summed E-state index contributed by atoms with van der Waals surface area (Å²) >= 11 is 0. The third-order valence-electron chi connectivity index (χ3n) is 6.73. The Hall–Kier alpha value is -3.55. The van der Waals surface area contributed by atoms with E-state index >= 15 is 0 Å². The molecule has 2 aromatic rings. The van der Waals surface area contributed by atoms with E-state index in [0.29, 0.717) is 35.6 Å². The Morgan fingerprint density at radius 1 is 1.22 bits per heavy atom. The average molecular weight is 514 g/mol. The third kappa shape index (κ3) is 6.06. The van der Waals surface area contributed by atoms with Gasteiger partial charge in [-0.25, -0.2) is 9.40 Å². The summed E-state index contributed by atoms with van der Waals surface area (Å²) in [7, 11) is 2.02. The highest BCUT2D eigenvalue weighted by molar-refractivity contribution is 5.97. The van der Waals surface area contributed by atoms with E-state index in [2.05, 4.69) is 30.8 Å². The molecule has 198 valence electrons. The van der Waals surface area contributed by atoms with Gasteiger partial charge in [0.2, 0.25) is 5.91 Å². The Kier molecular flexibility index (Phi) is 8.36. The minimum Gasteiger partial charge on any atom is -0.335 e. The summed E-state index contributed by atoms with van der Waals surface area (Å²) in [5.74, 6) is -1.49. The quantitative estimate of drug-likeness (QED) is 0.455. The number of amides is 2. The van der Waals surface area contributed by atoms with Crippen LogP contribution in [0.3, 0.4) is 0 Å². The van der Waals surface area contributed by atoms with Crippen molar-refractivity contribution in [3.63, 3.8) is 0 Å². The minimum atomic E-state index is -1.28. The maximum atomic E-state index is 13.8. The number of likely N-dealkylation sites (N-methyl/N-ethyl adjacent to an activating group) is 1. The zero-order chi connectivity index (χ0) is 26.5. The van der Waals surface area contributed by atoms with Crippen molar-refractivity contribution in [2.45, 2.75) is 25.3 Å². The summed E-state index contributed by atoms with van der Waals surface area (Å²) in [6.07, 6.45) is 2.52. The van der Waals surface area contributed by atoms with Crippen molar-refractivity contribution >= 4 is 17.5 Å². The number of hydrogen-bond acceptors (Lipinski definition) is 9. The number of nitrogens with two attached hydrogens (primary N) is 1. The molecule has 2 aliphatic heterocycles. The summed E-state index contributed by atoms with van der Waals surface area (Å²) in [4.78, 5) is 49.9. The number of halogens is 1. The van der Waals surface area contributed by atoms with Gasteiger partial charge in [-0.2, -0.15) is 0 Å². The molecule has 13 heteroatoms. The van der Waals surface area contributed by atoms with Gasteiger partial charge >= 0.3 is 0 Å². The Balaban J connectivity index is 1.51. The van der Waals surface area contributed by atoms with Gasteiger partial charge in [-0.1, -0.05) is 6.07 Å². The first-order valence-corrected chi connectivity index (χ1v) is 12.2. The van der Waals surface area contributed by atoms with Gasteiger partial charge in [0.25, 0.3) is 5.91 Å². The molecule has 0 saturated carbocycles. The normalized spacial score (nSPS) is 22.3. The van der Waals surface area contributed by atoms with E-state index in [9.17, 15) is 18.9 Å². The lowest BCUT2D eigenvalue weighted by molar-refractivity contribution is -0.124. The van der Waals surface area contributed by atoms with Crippen LogP contribution >= 0.6 is 0 Å². The minimum absolute atomic E-state index is 0.0177. The van der Waals surface area contributed by atoms with Gasteiger partial charge in [0.1, 0.15) is 18.0 Å². The number of carbonyl (C=O) groups is 2. The van der Waals surface area contributed by atoms with Crippen LogP contribution in [0.15, 0.2) is 42.1 Å². The third-order valence-corrected chi connectivity index (χ3v) is 6.73. The second kappa shape index (κ2) is 11.7. The van der Waals surface area contributed by atoms with Crippen LogP contribution in [0.2, 0.25) is 0 Å². The molecule has 0 aliphatic carbocycles. The molecule has 4 atom stereocenters. The van der Waals surface area contributed by atoms with Gasteiger partial charge in [0, 0.05) is 62.3 Å². The van der Waals surface area contributed by atoms with Crippen molar-refractivity contribution in [3.8, 4) is 11.1 Å². The number of carbonyl (C=O) groups excluding carboxylic acids is 2. The number of rotatable bonds is 7. The van der Waals surface area contributed by atoms with Crippen LogP contribution in [-0.2, 0) is 4.79 Å². The van der Waals surface area contributed by atoms with Crippen molar-refractivity contribution in [2.24, 2.45) is 16.9 Å². The maximum Gasteiger partial charge on any atom is 0.272 e. The first kappa shape index (κ1) is 26.5. The predicted octanol–water partition coefficient (Wildman–Crippen LogP) is 0.684. The lowest BCUT2D eigenvalue weighted by Crippen LogP contribution is -2.62. The summed E-state index contributed by atoms with van der Waals surface area (Å²) in [5.41, 5.74) is 8.18. The zero-order valence-electron chi connectivity index (χ0n) is 20.9. The molecule has 37 heavy (non-hydrogen) atoms. The summed E-state index contributed by atoms with van der Waals surface area (Å²) in [6, 6.07) is 4.49. The topological polar surface area (TPSA) is 149 Å². The highest BCUT2D eigenvalue weighted by Gasteiger charge is 2.40. The first-order valence-electron chi connectivity index (χ1n) is 12.2. The number of hydrogen-bond donors (Lipinski definition) is 3. The SMILES string of the molecule is CC(N)C(C(=O)Nc1cnccc1-c1ccc(C(=O)N2CCN(C)CC2)nc1)C1NCC(F)CN1N=O. The number of alkyl halides is 1. The summed E-state index contributed by atoms with van der Waals surface area (Å²) < 4.78 is 13.8. The molecule has 2 fully saturated rings. The fraction of sp³-hybridized carbons (Fsp3) is 0.500. The smallest absolute Gasteiger partial charge is 0.272 e. The molecule has 4 heterocycles. The van der Waals surface area contributed by atoms with Crippen LogP contribution in [0.5, 0.6) is 0 Å². The lowest BCUT2D eigenvalue weighted by atomic mass is 9.94. The van der Waals surface area contributed by atoms with E-state index in [1.165, 1.54) is 6.20 Å². The first-order chi connectivity index (χ1) is 17.8. The molecule has 4 N–H and O–H groups in total. The van der Waals surface area contributed by atoms with Gasteiger partial charge in [-0.05, 0) is 26.1 Å². The van der Waals surface area contributed by atoms with Crippen molar-refractivity contribution in [1.82, 2.24) is 30.1 Å². The van der Waals surface area contributed by atoms with Crippen LogP contribution in [-0.4, -0.2) is 101 Å². The molecule has 12 nitrogen and oxygen atoms in total. The molecule has 0 aromatic carbocycles. The van der Waals surface area contributed by atoms with Crippen molar-refractivity contribution in [1.29, 1.82) is 0 Å². The average Bonchev–Trinajstić information content (AvgIpc) is 2.90. The Labute approximate surface area is 214 Å². The Bertz CT molecular complexity index is 1110. The van der Waals surface area contributed by atoms with Crippen molar-refractivity contribution in [2.75, 3.05) is 51.6 Å². The number of nitroso groups, excluding NO2 is 1. The number of anilines is 1. The van der Waals surface area contributed by atoms with E-state index in [0.717, 1.165) is 18.1 Å². The Morgan fingerprint density at radius 3 is 2.62 bits per heavy atom. The van der Waals surface area contributed by atoms with Crippen molar-refractivity contribution < 1.29 is 14.0 Å². The van der Waals surface area contributed by atoms with Gasteiger partial charge in [0.05, 0.1) is 29.6 Å². The van der Waals surface area contributed by atoms with E-state index in [-0.39, 0.29) is 19.0 Å². The van der Waals surface area contributed by atoms with Gasteiger partial charge < -0.3 is 20.9 Å². The van der Waals surface area contributed by atoms with E-state index in [1.807, 2.05) is 7.05 Å².